The second-order valence-corrected chi connectivity index (χ2v) is 6.17. The van der Waals surface area contributed by atoms with Gasteiger partial charge in [0.1, 0.15) is 5.82 Å². The monoisotopic (exact) mass is 296 g/mol. The van der Waals surface area contributed by atoms with E-state index in [4.69, 9.17) is 0 Å². The van der Waals surface area contributed by atoms with Crippen molar-refractivity contribution in [1.29, 1.82) is 0 Å². The summed E-state index contributed by atoms with van der Waals surface area (Å²) in [5, 5.41) is 0. The number of fused-ring (bicyclic) bond motifs is 1. The van der Waals surface area contributed by atoms with Gasteiger partial charge in [-0.05, 0) is 42.5 Å². The lowest BCUT2D eigenvalue weighted by Crippen LogP contribution is -2.34. The molecule has 1 aromatic carbocycles. The topological polar surface area (TPSA) is 33.2 Å². The van der Waals surface area contributed by atoms with Crippen LogP contribution in [0, 0.1) is 11.7 Å². The summed E-state index contributed by atoms with van der Waals surface area (Å²) in [7, 11) is 0. The van der Waals surface area contributed by atoms with Crippen LogP contribution in [0.25, 0.3) is 11.1 Å². The average Bonchev–Trinajstić information content (AvgIpc) is 2.78. The van der Waals surface area contributed by atoms with Crippen molar-refractivity contribution >= 4 is 11.6 Å². The van der Waals surface area contributed by atoms with Crippen LogP contribution in [0.1, 0.15) is 25.0 Å². The third-order valence-corrected chi connectivity index (χ3v) is 4.70. The molecular formula is C18H17FN2O. The van der Waals surface area contributed by atoms with Crippen LogP contribution in [0.4, 0.5) is 10.1 Å². The molecule has 1 aromatic heterocycles. The SMILES string of the molecule is O=C1Cc2ncc(-c3ccc(F)cc3)cc2N1CC1CCC1. The van der Waals surface area contributed by atoms with Crippen LogP contribution >= 0.6 is 0 Å². The van der Waals surface area contributed by atoms with E-state index in [0.717, 1.165) is 29.1 Å². The van der Waals surface area contributed by atoms with Gasteiger partial charge in [0.15, 0.2) is 0 Å². The van der Waals surface area contributed by atoms with Crippen LogP contribution < -0.4 is 4.90 Å². The van der Waals surface area contributed by atoms with Crippen molar-refractivity contribution in [1.82, 2.24) is 4.98 Å². The van der Waals surface area contributed by atoms with Gasteiger partial charge >= 0.3 is 0 Å². The molecule has 0 spiro atoms. The molecule has 3 nitrogen and oxygen atoms in total. The highest BCUT2D eigenvalue weighted by molar-refractivity contribution is 6.01. The number of aromatic nitrogens is 1. The Kier molecular flexibility index (Phi) is 3.17. The molecule has 1 aliphatic carbocycles. The van der Waals surface area contributed by atoms with Gasteiger partial charge < -0.3 is 4.90 Å². The fourth-order valence-corrected chi connectivity index (χ4v) is 3.16. The zero-order valence-corrected chi connectivity index (χ0v) is 12.3. The molecule has 22 heavy (non-hydrogen) atoms. The van der Waals surface area contributed by atoms with Crippen molar-refractivity contribution in [2.24, 2.45) is 5.92 Å². The van der Waals surface area contributed by atoms with Gasteiger partial charge in [-0.15, -0.1) is 0 Å². The number of nitrogens with zero attached hydrogens (tertiary/aromatic N) is 2. The number of hydrogen-bond acceptors (Lipinski definition) is 2. The predicted molar refractivity (Wildman–Crippen MR) is 83.0 cm³/mol. The zero-order chi connectivity index (χ0) is 15.1. The normalized spacial score (nSPS) is 17.5. The molecule has 2 aliphatic rings. The molecule has 4 heteroatoms. The first-order valence-corrected chi connectivity index (χ1v) is 7.76. The van der Waals surface area contributed by atoms with E-state index in [9.17, 15) is 9.18 Å². The molecule has 0 saturated heterocycles. The minimum Gasteiger partial charge on any atom is -0.310 e. The van der Waals surface area contributed by atoms with E-state index in [1.165, 1.54) is 31.4 Å². The predicted octanol–water partition coefficient (Wildman–Crippen LogP) is 3.58. The lowest BCUT2D eigenvalue weighted by atomic mass is 9.85. The van der Waals surface area contributed by atoms with Crippen LogP contribution in [0.2, 0.25) is 0 Å². The highest BCUT2D eigenvalue weighted by atomic mass is 19.1. The number of halogens is 1. The van der Waals surface area contributed by atoms with Crippen LogP contribution in [0.15, 0.2) is 36.5 Å². The van der Waals surface area contributed by atoms with Crippen molar-refractivity contribution < 1.29 is 9.18 Å². The van der Waals surface area contributed by atoms with E-state index in [-0.39, 0.29) is 11.7 Å². The Bertz CT molecular complexity index is 722. The van der Waals surface area contributed by atoms with Crippen LogP contribution in [-0.2, 0) is 11.2 Å². The van der Waals surface area contributed by atoms with Crippen molar-refractivity contribution in [3.05, 3.63) is 48.0 Å². The number of carbonyl (C=O) groups is 1. The maximum atomic E-state index is 13.1. The van der Waals surface area contributed by atoms with Crippen molar-refractivity contribution in [2.75, 3.05) is 11.4 Å². The third kappa shape index (κ3) is 2.28. The number of rotatable bonds is 3. The average molecular weight is 296 g/mol. The lowest BCUT2D eigenvalue weighted by molar-refractivity contribution is -0.117. The number of anilines is 1. The van der Waals surface area contributed by atoms with Crippen molar-refractivity contribution in [3.8, 4) is 11.1 Å². The van der Waals surface area contributed by atoms with Crippen molar-refractivity contribution in [2.45, 2.75) is 25.7 Å². The Morgan fingerprint density at radius 3 is 2.64 bits per heavy atom. The molecule has 1 aliphatic heterocycles. The van der Waals surface area contributed by atoms with E-state index < -0.39 is 0 Å². The highest BCUT2D eigenvalue weighted by Gasteiger charge is 2.32. The summed E-state index contributed by atoms with van der Waals surface area (Å²) < 4.78 is 13.1. The van der Waals surface area contributed by atoms with Gasteiger partial charge in [-0.3, -0.25) is 9.78 Å². The Morgan fingerprint density at radius 1 is 1.18 bits per heavy atom. The van der Waals surface area contributed by atoms with Gasteiger partial charge in [-0.25, -0.2) is 4.39 Å². The third-order valence-electron chi connectivity index (χ3n) is 4.70. The van der Waals surface area contributed by atoms with Gasteiger partial charge in [0.25, 0.3) is 0 Å². The second kappa shape index (κ2) is 5.20. The Hall–Kier alpha value is -2.23. The summed E-state index contributed by atoms with van der Waals surface area (Å²) >= 11 is 0. The van der Waals surface area contributed by atoms with Crippen LogP contribution in [0.3, 0.4) is 0 Å². The fourth-order valence-electron chi connectivity index (χ4n) is 3.16. The summed E-state index contributed by atoms with van der Waals surface area (Å²) in [5.41, 5.74) is 3.63. The standard InChI is InChI=1S/C18H17FN2O/c19-15-6-4-13(5-7-15)14-8-17-16(20-10-14)9-18(22)21(17)11-12-2-1-3-12/h4-8,10,12H,1-3,9,11H2. The van der Waals surface area contributed by atoms with Gasteiger partial charge in [0, 0.05) is 18.3 Å². The summed E-state index contributed by atoms with van der Waals surface area (Å²) in [6, 6.07) is 8.39. The van der Waals surface area contributed by atoms with Gasteiger partial charge in [0.05, 0.1) is 17.8 Å². The summed E-state index contributed by atoms with van der Waals surface area (Å²) in [6.07, 6.45) is 5.86. The van der Waals surface area contributed by atoms with Gasteiger partial charge in [-0.2, -0.15) is 0 Å². The largest absolute Gasteiger partial charge is 0.310 e. The van der Waals surface area contributed by atoms with E-state index >= 15 is 0 Å². The molecule has 0 radical (unpaired) electrons. The molecule has 0 bridgehead atoms. The first-order chi connectivity index (χ1) is 10.7. The molecule has 0 atom stereocenters. The smallest absolute Gasteiger partial charge is 0.233 e. The molecule has 1 fully saturated rings. The molecule has 0 N–H and O–H groups in total. The second-order valence-electron chi connectivity index (χ2n) is 6.17. The Labute approximate surface area is 128 Å². The molecule has 2 aromatic rings. The summed E-state index contributed by atoms with van der Waals surface area (Å²) in [4.78, 5) is 18.6. The molecule has 1 amide bonds. The fraction of sp³-hybridized carbons (Fsp3) is 0.333. The van der Waals surface area contributed by atoms with E-state index in [2.05, 4.69) is 4.98 Å². The molecular weight excluding hydrogens is 279 g/mol. The van der Waals surface area contributed by atoms with E-state index in [0.29, 0.717) is 12.3 Å². The van der Waals surface area contributed by atoms with Gasteiger partial charge in [-0.1, -0.05) is 18.6 Å². The minimum absolute atomic E-state index is 0.144. The molecule has 2 heterocycles. The molecule has 4 rings (SSSR count). The quantitative estimate of drug-likeness (QED) is 0.867. The summed E-state index contributed by atoms with van der Waals surface area (Å²) in [6.45, 7) is 0.806. The number of benzene rings is 1. The molecule has 112 valence electrons. The van der Waals surface area contributed by atoms with E-state index in [1.807, 2.05) is 11.0 Å². The Balaban J connectivity index is 1.67. The Morgan fingerprint density at radius 2 is 1.95 bits per heavy atom. The molecule has 1 saturated carbocycles. The lowest BCUT2D eigenvalue weighted by Gasteiger charge is -2.30. The molecule has 0 unspecified atom stereocenters. The minimum atomic E-state index is -0.250. The van der Waals surface area contributed by atoms with Crippen molar-refractivity contribution in [3.63, 3.8) is 0 Å². The highest BCUT2D eigenvalue weighted by Crippen LogP contribution is 2.35. The van der Waals surface area contributed by atoms with Crippen LogP contribution in [0.5, 0.6) is 0 Å². The first kappa shape index (κ1) is 13.4. The van der Waals surface area contributed by atoms with Crippen LogP contribution in [-0.4, -0.2) is 17.4 Å². The zero-order valence-electron chi connectivity index (χ0n) is 12.3. The maximum absolute atomic E-state index is 13.1. The number of hydrogen-bond donors (Lipinski definition) is 0. The number of pyridine rings is 1. The number of amides is 1. The number of carbonyl (C=O) groups excluding carboxylic acids is 1. The summed E-state index contributed by atoms with van der Waals surface area (Å²) in [5.74, 6) is 0.523. The maximum Gasteiger partial charge on any atom is 0.233 e. The van der Waals surface area contributed by atoms with Gasteiger partial charge in [0.2, 0.25) is 5.91 Å². The van der Waals surface area contributed by atoms with E-state index in [1.54, 1.807) is 18.3 Å². The first-order valence-electron chi connectivity index (χ1n) is 7.76.